The van der Waals surface area contributed by atoms with Crippen molar-refractivity contribution in [2.24, 2.45) is 0 Å². The number of rotatable bonds is 7. The van der Waals surface area contributed by atoms with Gasteiger partial charge in [0.15, 0.2) is 5.69 Å². The number of hydrogen-bond donors (Lipinski definition) is 0. The third-order valence-electron chi connectivity index (χ3n) is 4.35. The van der Waals surface area contributed by atoms with Crippen LogP contribution in [-0.2, 0) is 9.53 Å². The lowest BCUT2D eigenvalue weighted by molar-refractivity contribution is -0.131. The van der Waals surface area contributed by atoms with E-state index in [0.717, 1.165) is 19.4 Å². The van der Waals surface area contributed by atoms with Gasteiger partial charge in [0.2, 0.25) is 5.91 Å². The van der Waals surface area contributed by atoms with E-state index in [-0.39, 0.29) is 36.1 Å². The van der Waals surface area contributed by atoms with Gasteiger partial charge in [-0.15, -0.1) is 0 Å². The number of nitrogens with zero attached hydrogens (tertiary/aromatic N) is 3. The summed E-state index contributed by atoms with van der Waals surface area (Å²) in [5.74, 6) is 0.389. The van der Waals surface area contributed by atoms with Crippen LogP contribution >= 0.6 is 0 Å². The van der Waals surface area contributed by atoms with Gasteiger partial charge in [0.05, 0.1) is 6.10 Å². The molecule has 0 saturated carbocycles. The monoisotopic (exact) mass is 337 g/mol. The molecule has 1 atom stereocenters. The Balaban J connectivity index is 2.02. The molecule has 1 fully saturated rings. The second-order valence-corrected chi connectivity index (χ2v) is 6.56. The highest BCUT2D eigenvalue weighted by Crippen LogP contribution is 2.16. The summed E-state index contributed by atoms with van der Waals surface area (Å²) in [6.07, 6.45) is 2.25. The van der Waals surface area contributed by atoms with Crippen LogP contribution in [0.2, 0.25) is 0 Å². The highest BCUT2D eigenvalue weighted by Gasteiger charge is 2.26. The van der Waals surface area contributed by atoms with E-state index in [4.69, 9.17) is 9.26 Å². The zero-order valence-corrected chi connectivity index (χ0v) is 14.9. The van der Waals surface area contributed by atoms with E-state index in [1.807, 2.05) is 13.8 Å². The van der Waals surface area contributed by atoms with E-state index in [2.05, 4.69) is 5.16 Å². The molecule has 7 heteroatoms. The van der Waals surface area contributed by atoms with Crippen molar-refractivity contribution in [3.63, 3.8) is 0 Å². The van der Waals surface area contributed by atoms with Crippen LogP contribution < -0.4 is 0 Å². The molecule has 0 aromatic carbocycles. The molecule has 1 aliphatic rings. The number of ether oxygens (including phenoxy) is 1. The average Bonchev–Trinajstić information content (AvgIpc) is 3.21. The molecule has 0 spiro atoms. The number of aromatic nitrogens is 1. The summed E-state index contributed by atoms with van der Waals surface area (Å²) in [5, 5.41) is 3.80. The minimum absolute atomic E-state index is 0.0199. The topological polar surface area (TPSA) is 75.9 Å². The van der Waals surface area contributed by atoms with Crippen LogP contribution in [0.1, 0.15) is 49.4 Å². The lowest BCUT2D eigenvalue weighted by atomic mass is 10.2. The van der Waals surface area contributed by atoms with Gasteiger partial charge in [0.1, 0.15) is 5.76 Å². The Kier molecular flexibility index (Phi) is 6.36. The molecule has 0 bridgehead atoms. The van der Waals surface area contributed by atoms with Crippen LogP contribution in [0.3, 0.4) is 0 Å². The Labute approximate surface area is 142 Å². The molecule has 0 unspecified atom stereocenters. The zero-order valence-electron chi connectivity index (χ0n) is 14.9. The maximum Gasteiger partial charge on any atom is 0.276 e. The van der Waals surface area contributed by atoms with Gasteiger partial charge in [-0.05, 0) is 33.6 Å². The summed E-state index contributed by atoms with van der Waals surface area (Å²) in [6.45, 7) is 7.22. The largest absolute Gasteiger partial charge is 0.376 e. The molecule has 134 valence electrons. The Morgan fingerprint density at radius 1 is 1.42 bits per heavy atom. The number of aryl methyl sites for hydroxylation is 1. The minimum atomic E-state index is -0.220. The third-order valence-corrected chi connectivity index (χ3v) is 4.35. The first-order valence-electron chi connectivity index (χ1n) is 8.48. The van der Waals surface area contributed by atoms with Crippen molar-refractivity contribution in [1.29, 1.82) is 0 Å². The van der Waals surface area contributed by atoms with E-state index in [1.54, 1.807) is 29.8 Å². The fourth-order valence-corrected chi connectivity index (χ4v) is 2.63. The number of carbonyl (C=O) groups is 2. The molecule has 1 saturated heterocycles. The van der Waals surface area contributed by atoms with Gasteiger partial charge < -0.3 is 19.1 Å². The Morgan fingerprint density at radius 2 is 2.17 bits per heavy atom. The first-order chi connectivity index (χ1) is 11.4. The smallest absolute Gasteiger partial charge is 0.276 e. The molecule has 0 radical (unpaired) electrons. The summed E-state index contributed by atoms with van der Waals surface area (Å²) >= 11 is 0. The maximum absolute atomic E-state index is 12.7. The Bertz CT molecular complexity index is 564. The van der Waals surface area contributed by atoms with Crippen molar-refractivity contribution in [1.82, 2.24) is 15.0 Å². The summed E-state index contributed by atoms with van der Waals surface area (Å²) in [5.41, 5.74) is 0.273. The van der Waals surface area contributed by atoms with Crippen LogP contribution in [0.15, 0.2) is 10.6 Å². The second kappa shape index (κ2) is 8.28. The highest BCUT2D eigenvalue weighted by molar-refractivity contribution is 5.92. The summed E-state index contributed by atoms with van der Waals surface area (Å²) in [6, 6.07) is 1.76. The van der Waals surface area contributed by atoms with Gasteiger partial charge in [-0.25, -0.2) is 0 Å². The molecule has 1 aromatic rings. The Hall–Kier alpha value is -1.89. The van der Waals surface area contributed by atoms with Gasteiger partial charge in [-0.3, -0.25) is 9.59 Å². The lowest BCUT2D eigenvalue weighted by Gasteiger charge is -2.26. The number of carbonyl (C=O) groups excluding carboxylic acids is 2. The van der Waals surface area contributed by atoms with Crippen molar-refractivity contribution in [2.75, 3.05) is 26.7 Å². The molecule has 2 rings (SSSR count). The van der Waals surface area contributed by atoms with Crippen LogP contribution in [-0.4, -0.2) is 65.7 Å². The SMILES string of the molecule is Cc1cc(C(=O)N(CCC(=O)N(C)C(C)C)C[C@H]2CCCO2)no1. The molecule has 0 aliphatic carbocycles. The second-order valence-electron chi connectivity index (χ2n) is 6.56. The fraction of sp³-hybridized carbons (Fsp3) is 0.706. The van der Waals surface area contributed by atoms with Crippen molar-refractivity contribution < 1.29 is 18.8 Å². The van der Waals surface area contributed by atoms with E-state index in [0.29, 0.717) is 18.8 Å². The van der Waals surface area contributed by atoms with E-state index in [1.165, 1.54) is 0 Å². The summed E-state index contributed by atoms with van der Waals surface area (Å²) in [4.78, 5) is 28.2. The number of amides is 2. The van der Waals surface area contributed by atoms with E-state index < -0.39 is 0 Å². The molecule has 0 N–H and O–H groups in total. The van der Waals surface area contributed by atoms with Gasteiger partial charge in [-0.1, -0.05) is 5.16 Å². The highest BCUT2D eigenvalue weighted by atomic mass is 16.5. The normalized spacial score (nSPS) is 17.3. The molecule has 24 heavy (non-hydrogen) atoms. The number of hydrogen-bond acceptors (Lipinski definition) is 5. The molecule has 1 aromatic heterocycles. The lowest BCUT2D eigenvalue weighted by Crippen LogP contribution is -2.41. The first-order valence-corrected chi connectivity index (χ1v) is 8.48. The zero-order chi connectivity index (χ0) is 17.7. The first kappa shape index (κ1) is 18.4. The predicted molar refractivity (Wildman–Crippen MR) is 88.6 cm³/mol. The Morgan fingerprint density at radius 3 is 2.71 bits per heavy atom. The molecule has 1 aliphatic heterocycles. The van der Waals surface area contributed by atoms with Crippen LogP contribution in [0.25, 0.3) is 0 Å². The van der Waals surface area contributed by atoms with Crippen LogP contribution in [0.5, 0.6) is 0 Å². The summed E-state index contributed by atoms with van der Waals surface area (Å²) in [7, 11) is 1.78. The molecule has 2 heterocycles. The van der Waals surface area contributed by atoms with E-state index >= 15 is 0 Å². The van der Waals surface area contributed by atoms with Crippen molar-refractivity contribution in [2.45, 2.75) is 52.2 Å². The summed E-state index contributed by atoms with van der Waals surface area (Å²) < 4.78 is 10.6. The quantitative estimate of drug-likeness (QED) is 0.759. The minimum Gasteiger partial charge on any atom is -0.376 e. The van der Waals surface area contributed by atoms with Gasteiger partial charge >= 0.3 is 0 Å². The molecule has 2 amide bonds. The molecular formula is C17H27N3O4. The van der Waals surface area contributed by atoms with E-state index in [9.17, 15) is 9.59 Å². The molecular weight excluding hydrogens is 310 g/mol. The van der Waals surface area contributed by atoms with Gasteiger partial charge in [0.25, 0.3) is 5.91 Å². The van der Waals surface area contributed by atoms with Gasteiger partial charge in [-0.2, -0.15) is 0 Å². The van der Waals surface area contributed by atoms with Gasteiger partial charge in [0, 0.05) is 45.3 Å². The van der Waals surface area contributed by atoms with Crippen molar-refractivity contribution >= 4 is 11.8 Å². The average molecular weight is 337 g/mol. The van der Waals surface area contributed by atoms with Crippen molar-refractivity contribution in [3.8, 4) is 0 Å². The fourth-order valence-electron chi connectivity index (χ4n) is 2.63. The third kappa shape index (κ3) is 4.80. The van der Waals surface area contributed by atoms with Crippen LogP contribution in [0, 0.1) is 6.92 Å². The van der Waals surface area contributed by atoms with Crippen LogP contribution in [0.4, 0.5) is 0 Å². The maximum atomic E-state index is 12.7. The standard InChI is InChI=1S/C17H27N3O4/c1-12(2)19(4)16(21)7-8-20(11-14-6-5-9-23-14)17(22)15-10-13(3)24-18-15/h10,12,14H,5-9,11H2,1-4H3/t14-/m1/s1. The van der Waals surface area contributed by atoms with Crippen molar-refractivity contribution in [3.05, 3.63) is 17.5 Å². The predicted octanol–water partition coefficient (Wildman–Crippen LogP) is 1.86. The molecule has 7 nitrogen and oxygen atoms in total.